The number of aliphatic hydroxyl groups excluding tert-OH is 1. The molecule has 1 saturated carbocycles. The van der Waals surface area contributed by atoms with Gasteiger partial charge in [0.2, 0.25) is 0 Å². The second-order valence-corrected chi connectivity index (χ2v) is 7.86. The van der Waals surface area contributed by atoms with Crippen molar-refractivity contribution in [3.8, 4) is 0 Å². The van der Waals surface area contributed by atoms with Crippen LogP contribution in [-0.4, -0.2) is 34.7 Å². The number of unbranched alkanes of at least 4 members (excludes halogenated alkanes) is 1. The van der Waals surface area contributed by atoms with Gasteiger partial charge in [-0.1, -0.05) is 41.0 Å². The van der Waals surface area contributed by atoms with Crippen LogP contribution in [0.5, 0.6) is 0 Å². The van der Waals surface area contributed by atoms with Crippen LogP contribution in [0.2, 0.25) is 0 Å². The molecule has 2 nitrogen and oxygen atoms in total. The molecular formula is C18H37NO. The first-order valence-corrected chi connectivity index (χ1v) is 8.75. The number of nitrogens with zero attached hydrogens (tertiary/aromatic N) is 1. The Kier molecular flexibility index (Phi) is 7.00. The summed E-state index contributed by atoms with van der Waals surface area (Å²) in [7, 11) is 0. The predicted octanol–water partition coefficient (Wildman–Crippen LogP) is 4.46. The van der Waals surface area contributed by atoms with Crippen molar-refractivity contribution in [2.75, 3.05) is 6.54 Å². The van der Waals surface area contributed by atoms with E-state index in [-0.39, 0.29) is 6.10 Å². The molecule has 0 heterocycles. The van der Waals surface area contributed by atoms with Crippen molar-refractivity contribution < 1.29 is 5.11 Å². The second-order valence-electron chi connectivity index (χ2n) is 7.86. The van der Waals surface area contributed by atoms with E-state index in [1.165, 1.54) is 32.1 Å². The number of hydrogen-bond donors (Lipinski definition) is 1. The van der Waals surface area contributed by atoms with Gasteiger partial charge in [-0.2, -0.15) is 0 Å². The maximum Gasteiger partial charge on any atom is 0.0695 e. The van der Waals surface area contributed by atoms with Crippen molar-refractivity contribution in [2.24, 2.45) is 11.3 Å². The minimum atomic E-state index is -0.126. The Morgan fingerprint density at radius 3 is 2.35 bits per heavy atom. The fourth-order valence-corrected chi connectivity index (χ4v) is 3.56. The number of hydrogen-bond acceptors (Lipinski definition) is 2. The highest BCUT2D eigenvalue weighted by Gasteiger charge is 2.38. The molecule has 0 saturated heterocycles. The second kappa shape index (κ2) is 7.79. The third-order valence-electron chi connectivity index (χ3n) is 5.36. The van der Waals surface area contributed by atoms with Crippen LogP contribution in [0.4, 0.5) is 0 Å². The first kappa shape index (κ1) is 18.0. The van der Waals surface area contributed by atoms with Gasteiger partial charge in [0.1, 0.15) is 0 Å². The summed E-state index contributed by atoms with van der Waals surface area (Å²) in [5.74, 6) is 0.740. The summed E-state index contributed by atoms with van der Waals surface area (Å²) < 4.78 is 0. The molecule has 1 aliphatic rings. The van der Waals surface area contributed by atoms with Gasteiger partial charge in [-0.15, -0.1) is 0 Å². The minimum absolute atomic E-state index is 0.126. The predicted molar refractivity (Wildman–Crippen MR) is 88.0 cm³/mol. The van der Waals surface area contributed by atoms with Gasteiger partial charge in [0.25, 0.3) is 0 Å². The lowest BCUT2D eigenvalue weighted by molar-refractivity contribution is -0.0320. The van der Waals surface area contributed by atoms with Crippen LogP contribution in [0.25, 0.3) is 0 Å². The molecule has 0 radical (unpaired) electrons. The Hall–Kier alpha value is -0.0800. The molecule has 0 aromatic heterocycles. The lowest BCUT2D eigenvalue weighted by Crippen LogP contribution is -2.52. The van der Waals surface area contributed by atoms with E-state index in [1.807, 2.05) is 0 Å². The number of aliphatic hydroxyl groups is 1. The van der Waals surface area contributed by atoms with Crippen molar-refractivity contribution in [2.45, 2.75) is 98.3 Å². The van der Waals surface area contributed by atoms with Crippen LogP contribution in [-0.2, 0) is 0 Å². The number of rotatable bonds is 6. The van der Waals surface area contributed by atoms with Gasteiger partial charge in [0.05, 0.1) is 6.10 Å². The maximum absolute atomic E-state index is 10.5. The fraction of sp³-hybridized carbons (Fsp3) is 1.00. The van der Waals surface area contributed by atoms with E-state index in [1.54, 1.807) is 0 Å². The molecule has 1 fully saturated rings. The maximum atomic E-state index is 10.5. The lowest BCUT2D eigenvalue weighted by Gasteiger charge is -2.46. The van der Waals surface area contributed by atoms with E-state index >= 15 is 0 Å². The van der Waals surface area contributed by atoms with Gasteiger partial charge in [-0.05, 0) is 56.9 Å². The molecule has 120 valence electrons. The fourth-order valence-electron chi connectivity index (χ4n) is 3.56. The van der Waals surface area contributed by atoms with E-state index in [0.717, 1.165) is 18.9 Å². The van der Waals surface area contributed by atoms with Gasteiger partial charge >= 0.3 is 0 Å². The molecule has 1 aliphatic carbocycles. The van der Waals surface area contributed by atoms with Crippen molar-refractivity contribution in [1.29, 1.82) is 0 Å². The standard InChI is InChI=1S/C18H37NO/c1-7-9-12-19(14(3)8-2)16-13-15(18(4,5)6)10-11-17(16)20/h14-17,20H,7-13H2,1-6H3. The molecular weight excluding hydrogens is 246 g/mol. The summed E-state index contributed by atoms with van der Waals surface area (Å²) in [6.07, 6.45) is 6.85. The van der Waals surface area contributed by atoms with E-state index in [2.05, 4.69) is 46.4 Å². The van der Waals surface area contributed by atoms with Crippen LogP contribution < -0.4 is 0 Å². The Morgan fingerprint density at radius 1 is 1.20 bits per heavy atom. The molecule has 1 rings (SSSR count). The minimum Gasteiger partial charge on any atom is -0.391 e. The molecule has 0 aromatic carbocycles. The Bertz CT molecular complexity index is 271. The quantitative estimate of drug-likeness (QED) is 0.778. The van der Waals surface area contributed by atoms with Crippen LogP contribution in [0.3, 0.4) is 0 Å². The Labute approximate surface area is 126 Å². The van der Waals surface area contributed by atoms with Crippen LogP contribution in [0.1, 0.15) is 80.1 Å². The summed E-state index contributed by atoms with van der Waals surface area (Å²) in [4.78, 5) is 2.60. The largest absolute Gasteiger partial charge is 0.391 e. The molecule has 0 amide bonds. The van der Waals surface area contributed by atoms with Gasteiger partial charge in [0, 0.05) is 12.1 Å². The van der Waals surface area contributed by atoms with Gasteiger partial charge < -0.3 is 5.11 Å². The zero-order chi connectivity index (χ0) is 15.3. The highest BCUT2D eigenvalue weighted by atomic mass is 16.3. The summed E-state index contributed by atoms with van der Waals surface area (Å²) in [6, 6.07) is 0.953. The summed E-state index contributed by atoms with van der Waals surface area (Å²) in [5, 5.41) is 10.5. The topological polar surface area (TPSA) is 23.5 Å². The van der Waals surface area contributed by atoms with Crippen LogP contribution >= 0.6 is 0 Å². The summed E-state index contributed by atoms with van der Waals surface area (Å²) in [6.45, 7) is 15.0. The van der Waals surface area contributed by atoms with E-state index in [9.17, 15) is 5.11 Å². The first-order chi connectivity index (χ1) is 9.31. The third-order valence-corrected chi connectivity index (χ3v) is 5.36. The van der Waals surface area contributed by atoms with Crippen LogP contribution in [0.15, 0.2) is 0 Å². The third kappa shape index (κ3) is 4.73. The molecule has 2 heteroatoms. The molecule has 4 atom stereocenters. The molecule has 0 bridgehead atoms. The zero-order valence-corrected chi connectivity index (χ0v) is 14.7. The van der Waals surface area contributed by atoms with E-state index < -0.39 is 0 Å². The Morgan fingerprint density at radius 2 is 1.85 bits per heavy atom. The van der Waals surface area contributed by atoms with Gasteiger partial charge in [0.15, 0.2) is 0 Å². The molecule has 0 spiro atoms. The van der Waals surface area contributed by atoms with Crippen LogP contribution in [0, 0.1) is 11.3 Å². The average Bonchev–Trinajstić information content (AvgIpc) is 2.39. The van der Waals surface area contributed by atoms with E-state index in [4.69, 9.17) is 0 Å². The molecule has 1 N–H and O–H groups in total. The lowest BCUT2D eigenvalue weighted by atomic mass is 9.69. The van der Waals surface area contributed by atoms with Crippen molar-refractivity contribution in [3.05, 3.63) is 0 Å². The first-order valence-electron chi connectivity index (χ1n) is 8.75. The molecule has 0 aliphatic heterocycles. The molecule has 0 aromatic rings. The van der Waals surface area contributed by atoms with Gasteiger partial charge in [-0.3, -0.25) is 4.90 Å². The summed E-state index contributed by atoms with van der Waals surface area (Å²) >= 11 is 0. The molecule has 20 heavy (non-hydrogen) atoms. The smallest absolute Gasteiger partial charge is 0.0695 e. The summed E-state index contributed by atoms with van der Waals surface area (Å²) in [5.41, 5.74) is 0.365. The normalized spacial score (nSPS) is 29.7. The SMILES string of the molecule is CCCCN(C(C)CC)C1CC(C(C)(C)C)CCC1O. The monoisotopic (exact) mass is 283 g/mol. The van der Waals surface area contributed by atoms with Gasteiger partial charge in [-0.25, -0.2) is 0 Å². The zero-order valence-electron chi connectivity index (χ0n) is 14.7. The Balaban J connectivity index is 2.80. The average molecular weight is 283 g/mol. The van der Waals surface area contributed by atoms with E-state index in [0.29, 0.717) is 17.5 Å². The highest BCUT2D eigenvalue weighted by Crippen LogP contribution is 2.40. The van der Waals surface area contributed by atoms with Crippen molar-refractivity contribution in [3.63, 3.8) is 0 Å². The van der Waals surface area contributed by atoms with Crippen molar-refractivity contribution in [1.82, 2.24) is 4.90 Å². The molecule has 4 unspecified atom stereocenters. The van der Waals surface area contributed by atoms with Crippen molar-refractivity contribution >= 4 is 0 Å². The highest BCUT2D eigenvalue weighted by molar-refractivity contribution is 4.92.